The minimum atomic E-state index is -5.07. The number of amides is 2. The average molecular weight is 284 g/mol. The summed E-state index contributed by atoms with van der Waals surface area (Å²) in [5.74, 6) is -5.01. The Hall–Kier alpha value is -1.80. The standard InChI is InChI=1S/C10H15F3N2O4/c1-6(8(17)18)5-15(4-3-14-7(2)16)9(19)10(11,12)13/h6H,3-5H2,1-2H3,(H,14,16)(H,17,18). The highest BCUT2D eigenvalue weighted by molar-refractivity contribution is 5.82. The van der Waals surface area contributed by atoms with E-state index in [1.54, 1.807) is 0 Å². The Bertz CT molecular complexity index is 357. The third-order valence-corrected chi connectivity index (χ3v) is 2.20. The second-order valence-corrected chi connectivity index (χ2v) is 3.97. The summed E-state index contributed by atoms with van der Waals surface area (Å²) in [7, 11) is 0. The van der Waals surface area contributed by atoms with Gasteiger partial charge in [0.05, 0.1) is 5.92 Å². The lowest BCUT2D eigenvalue weighted by molar-refractivity contribution is -0.186. The molecule has 2 N–H and O–H groups in total. The smallest absolute Gasteiger partial charge is 0.471 e. The molecule has 0 fully saturated rings. The number of halogens is 3. The van der Waals surface area contributed by atoms with E-state index in [0.717, 1.165) is 0 Å². The van der Waals surface area contributed by atoms with E-state index in [0.29, 0.717) is 4.90 Å². The minimum absolute atomic E-state index is 0.177. The van der Waals surface area contributed by atoms with E-state index in [9.17, 15) is 27.6 Å². The summed E-state index contributed by atoms with van der Waals surface area (Å²) >= 11 is 0. The summed E-state index contributed by atoms with van der Waals surface area (Å²) in [6.45, 7) is 1.21. The Labute approximate surface area is 107 Å². The first-order chi connectivity index (χ1) is 8.55. The second-order valence-electron chi connectivity index (χ2n) is 3.97. The van der Waals surface area contributed by atoms with Gasteiger partial charge in [0, 0.05) is 26.6 Å². The molecule has 1 unspecified atom stereocenters. The van der Waals surface area contributed by atoms with Crippen LogP contribution in [0.25, 0.3) is 0 Å². The predicted octanol–water partition coefficient (Wildman–Crippen LogP) is 0.234. The van der Waals surface area contributed by atoms with Gasteiger partial charge in [-0.15, -0.1) is 0 Å². The molecule has 0 aromatic rings. The van der Waals surface area contributed by atoms with Crippen LogP contribution in [0.3, 0.4) is 0 Å². The van der Waals surface area contributed by atoms with Crippen LogP contribution in [0.15, 0.2) is 0 Å². The van der Waals surface area contributed by atoms with Crippen LogP contribution in [0.1, 0.15) is 13.8 Å². The molecule has 0 saturated heterocycles. The van der Waals surface area contributed by atoms with Gasteiger partial charge in [0.25, 0.3) is 0 Å². The number of carboxylic acid groups (broad SMARTS) is 1. The van der Waals surface area contributed by atoms with Gasteiger partial charge in [0.15, 0.2) is 0 Å². The maximum absolute atomic E-state index is 12.3. The number of rotatable bonds is 6. The molecule has 0 spiro atoms. The van der Waals surface area contributed by atoms with Crippen LogP contribution >= 0.6 is 0 Å². The van der Waals surface area contributed by atoms with E-state index in [4.69, 9.17) is 5.11 Å². The highest BCUT2D eigenvalue weighted by atomic mass is 19.4. The molecule has 0 saturated carbocycles. The molecule has 0 rings (SSSR count). The lowest BCUT2D eigenvalue weighted by atomic mass is 10.1. The first-order valence-corrected chi connectivity index (χ1v) is 5.39. The maximum Gasteiger partial charge on any atom is 0.471 e. The number of carbonyl (C=O) groups excluding carboxylic acids is 2. The summed E-state index contributed by atoms with van der Waals surface area (Å²) in [4.78, 5) is 32.7. The van der Waals surface area contributed by atoms with Crippen molar-refractivity contribution in [2.45, 2.75) is 20.0 Å². The first-order valence-electron chi connectivity index (χ1n) is 5.39. The van der Waals surface area contributed by atoms with Crippen LogP contribution in [0.2, 0.25) is 0 Å². The Morgan fingerprint density at radius 3 is 2.21 bits per heavy atom. The molecule has 0 heterocycles. The number of carbonyl (C=O) groups is 3. The molecule has 1 atom stereocenters. The van der Waals surface area contributed by atoms with Gasteiger partial charge < -0.3 is 15.3 Å². The molecule has 0 aliphatic heterocycles. The maximum atomic E-state index is 12.3. The Kier molecular flexibility index (Phi) is 6.30. The molecule has 6 nitrogen and oxygen atoms in total. The predicted molar refractivity (Wildman–Crippen MR) is 58.1 cm³/mol. The molecule has 0 radical (unpaired) electrons. The zero-order valence-electron chi connectivity index (χ0n) is 10.5. The minimum Gasteiger partial charge on any atom is -0.481 e. The summed E-state index contributed by atoms with van der Waals surface area (Å²) in [6, 6.07) is 0. The molecule has 0 bridgehead atoms. The van der Waals surface area contributed by atoms with Crippen LogP contribution in [0.4, 0.5) is 13.2 Å². The van der Waals surface area contributed by atoms with Gasteiger partial charge in [-0.2, -0.15) is 13.2 Å². The van der Waals surface area contributed by atoms with Crippen molar-refractivity contribution < 1.29 is 32.7 Å². The Morgan fingerprint density at radius 1 is 1.32 bits per heavy atom. The van der Waals surface area contributed by atoms with Gasteiger partial charge in [-0.1, -0.05) is 6.92 Å². The highest BCUT2D eigenvalue weighted by Crippen LogP contribution is 2.19. The summed E-state index contributed by atoms with van der Waals surface area (Å²) in [5.41, 5.74) is 0. The van der Waals surface area contributed by atoms with Gasteiger partial charge in [-0.25, -0.2) is 0 Å². The molecule has 0 aromatic heterocycles. The summed E-state index contributed by atoms with van der Waals surface area (Å²) in [5, 5.41) is 10.9. The van der Waals surface area contributed by atoms with Crippen molar-refractivity contribution in [2.75, 3.05) is 19.6 Å². The lowest BCUT2D eigenvalue weighted by Crippen LogP contribution is -2.47. The number of nitrogens with one attached hydrogen (secondary N) is 1. The van der Waals surface area contributed by atoms with E-state index < -0.39 is 43.0 Å². The van der Waals surface area contributed by atoms with E-state index in [-0.39, 0.29) is 6.54 Å². The third-order valence-electron chi connectivity index (χ3n) is 2.20. The SMILES string of the molecule is CC(=O)NCCN(CC(C)C(=O)O)C(=O)C(F)(F)F. The van der Waals surface area contributed by atoms with Gasteiger partial charge >= 0.3 is 18.1 Å². The van der Waals surface area contributed by atoms with Crippen molar-refractivity contribution in [3.63, 3.8) is 0 Å². The largest absolute Gasteiger partial charge is 0.481 e. The monoisotopic (exact) mass is 284 g/mol. The van der Waals surface area contributed by atoms with Crippen LogP contribution in [0, 0.1) is 5.92 Å². The number of nitrogens with zero attached hydrogens (tertiary/aromatic N) is 1. The second kappa shape index (κ2) is 6.95. The molecule has 0 aromatic carbocycles. The quantitative estimate of drug-likeness (QED) is 0.731. The van der Waals surface area contributed by atoms with Gasteiger partial charge in [-0.05, 0) is 0 Å². The third kappa shape index (κ3) is 6.63. The van der Waals surface area contributed by atoms with E-state index in [1.165, 1.54) is 13.8 Å². The molecule has 0 aliphatic rings. The number of alkyl halides is 3. The van der Waals surface area contributed by atoms with Gasteiger partial charge in [-0.3, -0.25) is 14.4 Å². The topological polar surface area (TPSA) is 86.7 Å². The van der Waals surface area contributed by atoms with Crippen molar-refractivity contribution in [1.29, 1.82) is 0 Å². The van der Waals surface area contributed by atoms with Gasteiger partial charge in [0.2, 0.25) is 5.91 Å². The summed E-state index contributed by atoms with van der Waals surface area (Å²) in [6.07, 6.45) is -5.07. The van der Waals surface area contributed by atoms with E-state index in [2.05, 4.69) is 5.32 Å². The normalized spacial score (nSPS) is 12.7. The van der Waals surface area contributed by atoms with Crippen molar-refractivity contribution in [1.82, 2.24) is 10.2 Å². The molecule has 9 heteroatoms. The first kappa shape index (κ1) is 17.2. The fourth-order valence-electron chi connectivity index (χ4n) is 1.23. The number of hydrogen-bond acceptors (Lipinski definition) is 3. The highest BCUT2D eigenvalue weighted by Gasteiger charge is 2.42. The van der Waals surface area contributed by atoms with Crippen molar-refractivity contribution in [3.8, 4) is 0 Å². The summed E-state index contributed by atoms with van der Waals surface area (Å²) < 4.78 is 36.9. The number of aliphatic carboxylic acids is 1. The zero-order chi connectivity index (χ0) is 15.2. The molecule has 0 aliphatic carbocycles. The van der Waals surface area contributed by atoms with Crippen LogP contribution < -0.4 is 5.32 Å². The van der Waals surface area contributed by atoms with Crippen LogP contribution in [0.5, 0.6) is 0 Å². The van der Waals surface area contributed by atoms with Crippen molar-refractivity contribution in [2.24, 2.45) is 5.92 Å². The molecule has 19 heavy (non-hydrogen) atoms. The van der Waals surface area contributed by atoms with Gasteiger partial charge in [0.1, 0.15) is 0 Å². The van der Waals surface area contributed by atoms with Crippen molar-refractivity contribution in [3.05, 3.63) is 0 Å². The van der Waals surface area contributed by atoms with E-state index >= 15 is 0 Å². The Balaban J connectivity index is 4.69. The number of carboxylic acids is 1. The zero-order valence-corrected chi connectivity index (χ0v) is 10.5. The molecular weight excluding hydrogens is 269 g/mol. The van der Waals surface area contributed by atoms with E-state index in [1.807, 2.05) is 0 Å². The fourth-order valence-corrected chi connectivity index (χ4v) is 1.23. The number of hydrogen-bond donors (Lipinski definition) is 2. The van der Waals surface area contributed by atoms with Crippen LogP contribution in [-0.4, -0.2) is 53.6 Å². The average Bonchev–Trinajstić information content (AvgIpc) is 2.24. The molecule has 110 valence electrons. The fraction of sp³-hybridized carbons (Fsp3) is 0.700. The van der Waals surface area contributed by atoms with Crippen LogP contribution in [-0.2, 0) is 14.4 Å². The molecule has 2 amide bonds. The molecular formula is C10H15F3N2O4. The van der Waals surface area contributed by atoms with Crippen molar-refractivity contribution >= 4 is 17.8 Å². The lowest BCUT2D eigenvalue weighted by Gasteiger charge is -2.25. The Morgan fingerprint density at radius 2 is 1.84 bits per heavy atom.